The fraction of sp³-hybridized carbons (Fsp3) is 0.250. The minimum Gasteiger partial charge on any atom is -0.483 e. The number of hydrogen-bond acceptors (Lipinski definition) is 6. The van der Waals surface area contributed by atoms with Crippen molar-refractivity contribution < 1.29 is 9.53 Å². The fourth-order valence-electron chi connectivity index (χ4n) is 2.96. The third-order valence-electron chi connectivity index (χ3n) is 4.46. The number of ether oxygens (including phenoxy) is 1. The number of thioether (sulfide) groups is 3. The highest BCUT2D eigenvalue weighted by Crippen LogP contribution is 2.33. The number of amides is 1. The van der Waals surface area contributed by atoms with E-state index in [0.29, 0.717) is 12.4 Å². The van der Waals surface area contributed by atoms with Gasteiger partial charge in [0.15, 0.2) is 0 Å². The summed E-state index contributed by atoms with van der Waals surface area (Å²) in [4.78, 5) is 18.2. The maximum Gasteiger partial charge on any atom is 0.228 e. The molecule has 1 N–H and O–H groups in total. The van der Waals surface area contributed by atoms with E-state index in [9.17, 15) is 4.79 Å². The van der Waals surface area contributed by atoms with Gasteiger partial charge in [-0.2, -0.15) is 0 Å². The van der Waals surface area contributed by atoms with Gasteiger partial charge in [0.1, 0.15) is 16.7 Å². The van der Waals surface area contributed by atoms with Gasteiger partial charge in [-0.3, -0.25) is 4.79 Å². The molecule has 0 aliphatic carbocycles. The van der Waals surface area contributed by atoms with Crippen molar-refractivity contribution in [3.05, 3.63) is 77.5 Å². The van der Waals surface area contributed by atoms with Crippen LogP contribution in [0.4, 0.5) is 5.69 Å². The van der Waals surface area contributed by atoms with Gasteiger partial charge in [-0.15, -0.1) is 35.3 Å². The largest absolute Gasteiger partial charge is 0.483 e. The molecule has 3 rings (SSSR count). The van der Waals surface area contributed by atoms with Gasteiger partial charge in [0.2, 0.25) is 5.91 Å². The smallest absolute Gasteiger partial charge is 0.228 e. The van der Waals surface area contributed by atoms with Gasteiger partial charge in [0.25, 0.3) is 0 Å². The molecule has 0 fully saturated rings. The van der Waals surface area contributed by atoms with E-state index in [0.717, 1.165) is 38.4 Å². The summed E-state index contributed by atoms with van der Waals surface area (Å²) in [5, 5.41) is 3.89. The molecule has 0 aliphatic rings. The Kier molecular flexibility index (Phi) is 9.18. The van der Waals surface area contributed by atoms with E-state index in [2.05, 4.69) is 22.4 Å². The average molecular weight is 471 g/mol. The lowest BCUT2D eigenvalue weighted by Crippen LogP contribution is -2.16. The summed E-state index contributed by atoms with van der Waals surface area (Å²) in [6.45, 7) is 1.97. The lowest BCUT2D eigenvalue weighted by atomic mass is 10.1. The predicted octanol–water partition coefficient (Wildman–Crippen LogP) is 6.28. The number of aryl methyl sites for hydroxylation is 1. The van der Waals surface area contributed by atoms with E-state index < -0.39 is 0 Å². The zero-order valence-electron chi connectivity index (χ0n) is 17.9. The second-order valence-electron chi connectivity index (χ2n) is 6.82. The first-order chi connectivity index (χ1) is 15.1. The van der Waals surface area contributed by atoms with Crippen LogP contribution >= 0.6 is 35.3 Å². The van der Waals surface area contributed by atoms with Crippen molar-refractivity contribution in [3.8, 4) is 5.75 Å². The van der Waals surface area contributed by atoms with E-state index in [-0.39, 0.29) is 5.91 Å². The summed E-state index contributed by atoms with van der Waals surface area (Å²) in [7, 11) is 0. The first-order valence-corrected chi connectivity index (χ1v) is 13.4. The number of carbonyl (C=O) groups is 1. The molecule has 2 aromatic carbocycles. The Labute approximate surface area is 197 Å². The molecule has 162 valence electrons. The number of nitrogens with one attached hydrogen (secondary N) is 1. The molecule has 0 saturated carbocycles. The Morgan fingerprint density at radius 1 is 1.00 bits per heavy atom. The lowest BCUT2D eigenvalue weighted by Gasteiger charge is -2.14. The first-order valence-electron chi connectivity index (χ1n) is 9.82. The Hall–Kier alpha value is -2.09. The molecule has 7 heteroatoms. The van der Waals surface area contributed by atoms with E-state index in [1.165, 1.54) is 17.3 Å². The summed E-state index contributed by atoms with van der Waals surface area (Å²) >= 11 is 4.88. The van der Waals surface area contributed by atoms with Gasteiger partial charge >= 0.3 is 0 Å². The number of anilines is 1. The van der Waals surface area contributed by atoms with Crippen LogP contribution in [0.1, 0.15) is 16.8 Å². The van der Waals surface area contributed by atoms with Crippen molar-refractivity contribution in [3.63, 3.8) is 0 Å². The Bertz CT molecular complexity index is 970. The number of hydrogen-bond donors (Lipinski definition) is 1. The van der Waals surface area contributed by atoms with Crippen molar-refractivity contribution in [2.75, 3.05) is 23.8 Å². The Balaban J connectivity index is 1.51. The molecule has 0 spiro atoms. The van der Waals surface area contributed by atoms with Gasteiger partial charge in [-0.05, 0) is 48.8 Å². The highest BCUT2D eigenvalue weighted by molar-refractivity contribution is 7.99. The van der Waals surface area contributed by atoms with Crippen LogP contribution in [0.2, 0.25) is 0 Å². The van der Waals surface area contributed by atoms with E-state index in [1.54, 1.807) is 23.5 Å². The SMILES string of the molecule is CSc1cc(C)nc(SC)c1NC(=O)Cc1ccc(OCSCc2ccccc2)cc1. The number of benzene rings is 2. The van der Waals surface area contributed by atoms with Crippen molar-refractivity contribution in [1.82, 2.24) is 4.98 Å². The zero-order chi connectivity index (χ0) is 22.1. The minimum atomic E-state index is -0.0525. The predicted molar refractivity (Wildman–Crippen MR) is 135 cm³/mol. The molecular weight excluding hydrogens is 444 g/mol. The number of nitrogens with zero attached hydrogens (tertiary/aromatic N) is 1. The second kappa shape index (κ2) is 12.1. The second-order valence-corrected chi connectivity index (χ2v) is 9.39. The summed E-state index contributed by atoms with van der Waals surface area (Å²) in [5.74, 6) is 2.26. The fourth-order valence-corrected chi connectivity index (χ4v) is 4.99. The minimum absolute atomic E-state index is 0.0525. The molecule has 31 heavy (non-hydrogen) atoms. The van der Waals surface area contributed by atoms with E-state index in [1.807, 2.05) is 68.0 Å². The maximum absolute atomic E-state index is 12.6. The normalized spacial score (nSPS) is 10.7. The standard InChI is InChI=1S/C24H26N2O2S3/c1-17-13-21(29-2)23(24(25-17)30-3)26-22(27)14-18-9-11-20(12-10-18)28-16-31-15-19-7-5-4-6-8-19/h4-13H,14-16H2,1-3H3,(H,26,27). The molecule has 1 aromatic heterocycles. The number of rotatable bonds is 10. The number of carbonyl (C=O) groups excluding carboxylic acids is 1. The Morgan fingerprint density at radius 3 is 2.42 bits per heavy atom. The van der Waals surface area contributed by atoms with E-state index in [4.69, 9.17) is 4.74 Å². The molecule has 4 nitrogen and oxygen atoms in total. The third kappa shape index (κ3) is 7.23. The van der Waals surface area contributed by atoms with Gasteiger partial charge in [-0.25, -0.2) is 4.98 Å². The van der Waals surface area contributed by atoms with Crippen molar-refractivity contribution >= 4 is 46.9 Å². The monoisotopic (exact) mass is 470 g/mol. The van der Waals surface area contributed by atoms with Crippen molar-refractivity contribution in [2.45, 2.75) is 29.0 Å². The highest BCUT2D eigenvalue weighted by Gasteiger charge is 2.14. The molecule has 0 unspecified atom stereocenters. The molecule has 0 bridgehead atoms. The molecule has 0 radical (unpaired) electrons. The van der Waals surface area contributed by atoms with Crippen LogP contribution in [-0.2, 0) is 17.0 Å². The van der Waals surface area contributed by atoms with Crippen LogP contribution in [-0.4, -0.2) is 29.3 Å². The lowest BCUT2D eigenvalue weighted by molar-refractivity contribution is -0.115. The number of aromatic nitrogens is 1. The third-order valence-corrected chi connectivity index (χ3v) is 6.73. The van der Waals surface area contributed by atoms with Crippen molar-refractivity contribution in [1.29, 1.82) is 0 Å². The van der Waals surface area contributed by atoms with Crippen LogP contribution in [0.25, 0.3) is 0 Å². The van der Waals surface area contributed by atoms with Crippen LogP contribution in [0, 0.1) is 6.92 Å². The molecule has 0 saturated heterocycles. The zero-order valence-corrected chi connectivity index (χ0v) is 20.3. The van der Waals surface area contributed by atoms with Gasteiger partial charge in [-0.1, -0.05) is 42.5 Å². The number of pyridine rings is 1. The van der Waals surface area contributed by atoms with Gasteiger partial charge < -0.3 is 10.1 Å². The maximum atomic E-state index is 12.6. The molecule has 1 heterocycles. The Morgan fingerprint density at radius 2 is 1.74 bits per heavy atom. The topological polar surface area (TPSA) is 51.2 Å². The van der Waals surface area contributed by atoms with Crippen LogP contribution < -0.4 is 10.1 Å². The summed E-state index contributed by atoms with van der Waals surface area (Å²) in [6, 6.07) is 20.1. The first kappa shape index (κ1) is 23.6. The summed E-state index contributed by atoms with van der Waals surface area (Å²) in [5.41, 5.74) is 3.98. The molecule has 0 atom stereocenters. The summed E-state index contributed by atoms with van der Waals surface area (Å²) in [6.07, 6.45) is 4.28. The van der Waals surface area contributed by atoms with Crippen LogP contribution in [0.3, 0.4) is 0 Å². The highest BCUT2D eigenvalue weighted by atomic mass is 32.2. The summed E-state index contributed by atoms with van der Waals surface area (Å²) < 4.78 is 5.80. The van der Waals surface area contributed by atoms with Gasteiger partial charge in [0, 0.05) is 16.3 Å². The van der Waals surface area contributed by atoms with Crippen LogP contribution in [0.5, 0.6) is 5.75 Å². The quantitative estimate of drug-likeness (QED) is 0.214. The van der Waals surface area contributed by atoms with E-state index >= 15 is 0 Å². The van der Waals surface area contributed by atoms with Crippen molar-refractivity contribution in [2.24, 2.45) is 0 Å². The molecule has 3 aromatic rings. The average Bonchev–Trinajstić information content (AvgIpc) is 2.79. The van der Waals surface area contributed by atoms with Crippen LogP contribution in [0.15, 0.2) is 70.6 Å². The molecule has 1 amide bonds. The molecule has 0 aliphatic heterocycles. The van der Waals surface area contributed by atoms with Gasteiger partial charge in [0.05, 0.1) is 12.1 Å². The molecular formula is C24H26N2O2S3.